The number of aromatic nitrogens is 2. The predicted molar refractivity (Wildman–Crippen MR) is 94.4 cm³/mol. The standard InChI is InChI=1S/C16H18ClIN2O/c1-16(2,3)13(21-4)15-19-12(11(18)14(17)20-15)10-8-6-5-7-9-10/h5-9,13H,1-4H3. The van der Waals surface area contributed by atoms with Gasteiger partial charge in [-0.3, -0.25) is 0 Å². The number of rotatable bonds is 3. The van der Waals surface area contributed by atoms with Crippen LogP contribution in [0, 0.1) is 8.99 Å². The molecule has 1 aromatic carbocycles. The number of hydrogen-bond donors (Lipinski definition) is 0. The quantitative estimate of drug-likeness (QED) is 0.513. The van der Waals surface area contributed by atoms with Crippen molar-refractivity contribution in [2.45, 2.75) is 26.9 Å². The van der Waals surface area contributed by atoms with Crippen molar-refractivity contribution in [1.82, 2.24) is 9.97 Å². The number of nitrogens with zero attached hydrogens (tertiary/aromatic N) is 2. The van der Waals surface area contributed by atoms with Gasteiger partial charge in [0.05, 0.1) is 9.26 Å². The molecule has 0 radical (unpaired) electrons. The van der Waals surface area contributed by atoms with Crippen molar-refractivity contribution >= 4 is 34.2 Å². The number of benzene rings is 1. The highest BCUT2D eigenvalue weighted by Crippen LogP contribution is 2.36. The molecule has 0 bridgehead atoms. The van der Waals surface area contributed by atoms with E-state index in [-0.39, 0.29) is 11.5 Å². The Morgan fingerprint density at radius 2 is 1.76 bits per heavy atom. The predicted octanol–water partition coefficient (Wildman–Crippen LogP) is 5.14. The third-order valence-corrected chi connectivity index (χ3v) is 4.75. The zero-order valence-electron chi connectivity index (χ0n) is 12.5. The van der Waals surface area contributed by atoms with E-state index >= 15 is 0 Å². The number of ether oxygens (including phenoxy) is 1. The fourth-order valence-corrected chi connectivity index (χ4v) is 2.92. The van der Waals surface area contributed by atoms with Crippen molar-refractivity contribution < 1.29 is 4.74 Å². The van der Waals surface area contributed by atoms with Crippen LogP contribution in [0.5, 0.6) is 0 Å². The number of halogens is 2. The average Bonchev–Trinajstić information content (AvgIpc) is 2.42. The summed E-state index contributed by atoms with van der Waals surface area (Å²) in [6.07, 6.45) is -0.213. The summed E-state index contributed by atoms with van der Waals surface area (Å²) in [5, 5.41) is 0.464. The highest BCUT2D eigenvalue weighted by atomic mass is 127. The molecule has 1 aromatic heterocycles. The molecule has 0 aliphatic heterocycles. The lowest BCUT2D eigenvalue weighted by molar-refractivity contribution is 0.00872. The van der Waals surface area contributed by atoms with E-state index in [4.69, 9.17) is 21.3 Å². The van der Waals surface area contributed by atoms with Gasteiger partial charge in [-0.1, -0.05) is 62.7 Å². The van der Waals surface area contributed by atoms with Gasteiger partial charge in [0.1, 0.15) is 11.3 Å². The van der Waals surface area contributed by atoms with Crippen molar-refractivity contribution in [2.75, 3.05) is 7.11 Å². The van der Waals surface area contributed by atoms with Crippen LogP contribution in [0.3, 0.4) is 0 Å². The summed E-state index contributed by atoms with van der Waals surface area (Å²) in [6, 6.07) is 9.98. The molecule has 2 aromatic rings. The third-order valence-electron chi connectivity index (χ3n) is 3.13. The first-order valence-electron chi connectivity index (χ1n) is 6.65. The maximum absolute atomic E-state index is 6.31. The lowest BCUT2D eigenvalue weighted by Gasteiger charge is -2.28. The lowest BCUT2D eigenvalue weighted by Crippen LogP contribution is -2.23. The zero-order chi connectivity index (χ0) is 15.6. The van der Waals surface area contributed by atoms with Gasteiger partial charge < -0.3 is 4.74 Å². The molecule has 0 amide bonds. The molecule has 2 rings (SSSR count). The monoisotopic (exact) mass is 416 g/mol. The van der Waals surface area contributed by atoms with Crippen LogP contribution < -0.4 is 0 Å². The van der Waals surface area contributed by atoms with Crippen molar-refractivity contribution in [2.24, 2.45) is 5.41 Å². The Balaban J connectivity index is 2.59. The van der Waals surface area contributed by atoms with E-state index < -0.39 is 0 Å². The molecule has 0 aliphatic carbocycles. The van der Waals surface area contributed by atoms with Gasteiger partial charge in [-0.2, -0.15) is 0 Å². The van der Waals surface area contributed by atoms with Crippen LogP contribution >= 0.6 is 34.2 Å². The van der Waals surface area contributed by atoms with Gasteiger partial charge >= 0.3 is 0 Å². The molecule has 1 unspecified atom stereocenters. The minimum absolute atomic E-state index is 0.112. The normalized spacial score (nSPS) is 13.2. The molecule has 1 atom stereocenters. The Morgan fingerprint density at radius 1 is 1.14 bits per heavy atom. The second-order valence-corrected chi connectivity index (χ2v) is 7.32. The smallest absolute Gasteiger partial charge is 0.160 e. The average molecular weight is 417 g/mol. The third kappa shape index (κ3) is 3.73. The molecule has 0 fully saturated rings. The Bertz CT molecular complexity index is 626. The minimum Gasteiger partial charge on any atom is -0.373 e. The topological polar surface area (TPSA) is 35.0 Å². The summed E-state index contributed by atoms with van der Waals surface area (Å²) in [7, 11) is 1.67. The van der Waals surface area contributed by atoms with Crippen molar-refractivity contribution in [3.05, 3.63) is 44.9 Å². The Labute approximate surface area is 144 Å². The van der Waals surface area contributed by atoms with E-state index in [0.29, 0.717) is 11.0 Å². The maximum Gasteiger partial charge on any atom is 0.160 e. The van der Waals surface area contributed by atoms with E-state index in [2.05, 4.69) is 48.3 Å². The zero-order valence-corrected chi connectivity index (χ0v) is 15.4. The first-order chi connectivity index (χ1) is 9.84. The molecular weight excluding hydrogens is 399 g/mol. The highest BCUT2D eigenvalue weighted by Gasteiger charge is 2.30. The molecule has 0 N–H and O–H groups in total. The molecule has 5 heteroatoms. The largest absolute Gasteiger partial charge is 0.373 e. The lowest BCUT2D eigenvalue weighted by atomic mass is 9.88. The van der Waals surface area contributed by atoms with Crippen LogP contribution in [0.15, 0.2) is 30.3 Å². The summed E-state index contributed by atoms with van der Waals surface area (Å²) in [5.41, 5.74) is 1.76. The van der Waals surface area contributed by atoms with E-state index in [9.17, 15) is 0 Å². The fourth-order valence-electron chi connectivity index (χ4n) is 2.19. The van der Waals surface area contributed by atoms with Gasteiger partial charge in [-0.15, -0.1) is 0 Å². The van der Waals surface area contributed by atoms with E-state index in [1.54, 1.807) is 7.11 Å². The van der Waals surface area contributed by atoms with Crippen LogP contribution in [-0.2, 0) is 4.74 Å². The molecule has 0 aliphatic rings. The molecular formula is C16H18ClIN2O. The summed E-state index contributed by atoms with van der Waals surface area (Å²) < 4.78 is 6.46. The summed E-state index contributed by atoms with van der Waals surface area (Å²) in [4.78, 5) is 9.13. The van der Waals surface area contributed by atoms with Crippen LogP contribution in [0.2, 0.25) is 5.15 Å². The van der Waals surface area contributed by atoms with E-state index in [1.807, 2.05) is 30.3 Å². The molecule has 0 saturated carbocycles. The Hall–Kier alpha value is -0.720. The van der Waals surface area contributed by atoms with E-state index in [0.717, 1.165) is 14.8 Å². The van der Waals surface area contributed by atoms with Gasteiger partial charge in [-0.25, -0.2) is 9.97 Å². The van der Waals surface area contributed by atoms with Crippen LogP contribution in [0.4, 0.5) is 0 Å². The highest BCUT2D eigenvalue weighted by molar-refractivity contribution is 14.1. The molecule has 1 heterocycles. The van der Waals surface area contributed by atoms with Gasteiger partial charge in [0, 0.05) is 12.7 Å². The number of hydrogen-bond acceptors (Lipinski definition) is 3. The van der Waals surface area contributed by atoms with Gasteiger partial charge in [0.2, 0.25) is 0 Å². The summed E-state index contributed by atoms with van der Waals surface area (Å²) in [5.74, 6) is 0.620. The summed E-state index contributed by atoms with van der Waals surface area (Å²) in [6.45, 7) is 6.29. The SMILES string of the molecule is COC(c1nc(Cl)c(I)c(-c2ccccc2)n1)C(C)(C)C. The van der Waals surface area contributed by atoms with Crippen LogP contribution in [0.25, 0.3) is 11.3 Å². The molecule has 112 valence electrons. The second-order valence-electron chi connectivity index (χ2n) is 5.88. The maximum atomic E-state index is 6.31. The molecule has 21 heavy (non-hydrogen) atoms. The fraction of sp³-hybridized carbons (Fsp3) is 0.375. The summed E-state index contributed by atoms with van der Waals surface area (Å²) >= 11 is 8.49. The van der Waals surface area contributed by atoms with Crippen molar-refractivity contribution in [1.29, 1.82) is 0 Å². The minimum atomic E-state index is -0.213. The van der Waals surface area contributed by atoms with Crippen molar-refractivity contribution in [3.8, 4) is 11.3 Å². The van der Waals surface area contributed by atoms with Crippen LogP contribution in [0.1, 0.15) is 32.7 Å². The van der Waals surface area contributed by atoms with Gasteiger partial charge in [-0.05, 0) is 28.0 Å². The molecule has 0 spiro atoms. The molecule has 3 nitrogen and oxygen atoms in total. The molecule has 0 saturated heterocycles. The first-order valence-corrected chi connectivity index (χ1v) is 8.11. The van der Waals surface area contributed by atoms with Crippen molar-refractivity contribution in [3.63, 3.8) is 0 Å². The van der Waals surface area contributed by atoms with Gasteiger partial charge in [0.25, 0.3) is 0 Å². The number of methoxy groups -OCH3 is 1. The first kappa shape index (κ1) is 16.6. The second kappa shape index (κ2) is 6.58. The van der Waals surface area contributed by atoms with Gasteiger partial charge in [0.15, 0.2) is 5.82 Å². The Morgan fingerprint density at radius 3 is 2.29 bits per heavy atom. The Kier molecular flexibility index (Phi) is 5.22. The van der Waals surface area contributed by atoms with Crippen LogP contribution in [-0.4, -0.2) is 17.1 Å². The van der Waals surface area contributed by atoms with E-state index in [1.165, 1.54) is 0 Å².